The zero-order valence-corrected chi connectivity index (χ0v) is 18.4. The Kier molecular flexibility index (Phi) is 6.81. The Bertz CT molecular complexity index is 921. The number of sulfonamides is 1. The molecule has 0 radical (unpaired) electrons. The Labute approximate surface area is 175 Å². The number of rotatable bonds is 6. The summed E-state index contributed by atoms with van der Waals surface area (Å²) < 4.78 is 27.5. The van der Waals surface area contributed by atoms with Crippen molar-refractivity contribution in [2.75, 3.05) is 13.1 Å². The average Bonchev–Trinajstić information content (AvgIpc) is 3.21. The molecule has 3 rings (SSSR count). The molecule has 8 heteroatoms. The summed E-state index contributed by atoms with van der Waals surface area (Å²) in [5.74, 6) is -0.106. The van der Waals surface area contributed by atoms with Gasteiger partial charge in [0.05, 0.1) is 11.1 Å². The van der Waals surface area contributed by atoms with Crippen LogP contribution in [0.5, 0.6) is 0 Å². The molecule has 1 aromatic heterocycles. The zero-order chi connectivity index (χ0) is 20.3. The van der Waals surface area contributed by atoms with Gasteiger partial charge in [-0.25, -0.2) is 8.42 Å². The number of thiophene rings is 1. The van der Waals surface area contributed by atoms with Crippen LogP contribution in [-0.2, 0) is 10.0 Å². The van der Waals surface area contributed by atoms with Crippen molar-refractivity contribution in [2.24, 2.45) is 5.92 Å². The minimum Gasteiger partial charge on any atom is -0.344 e. The minimum atomic E-state index is -3.71. The van der Waals surface area contributed by atoms with Crippen molar-refractivity contribution < 1.29 is 13.2 Å². The molecule has 152 valence electrons. The van der Waals surface area contributed by atoms with Crippen molar-refractivity contribution in [3.63, 3.8) is 0 Å². The molecule has 0 bridgehead atoms. The summed E-state index contributed by atoms with van der Waals surface area (Å²) in [5, 5.41) is 5.15. The van der Waals surface area contributed by atoms with Gasteiger partial charge >= 0.3 is 0 Å². The molecule has 0 spiro atoms. The second-order valence-corrected chi connectivity index (χ2v) is 10.6. The molecule has 1 aliphatic rings. The molecule has 5 nitrogen and oxygen atoms in total. The third-order valence-corrected chi connectivity index (χ3v) is 8.26. The van der Waals surface area contributed by atoms with Crippen molar-refractivity contribution in [3.8, 4) is 0 Å². The topological polar surface area (TPSA) is 66.5 Å². The summed E-state index contributed by atoms with van der Waals surface area (Å²) in [5.41, 5.74) is 0.294. The number of piperidine rings is 1. The SMILES string of the molecule is CC(C)C(NC(=O)c1ccc(Cl)c(S(=O)(=O)N2CCCCC2)c1)c1cccs1. The van der Waals surface area contributed by atoms with E-state index in [-0.39, 0.29) is 27.8 Å². The lowest BCUT2D eigenvalue weighted by molar-refractivity contribution is 0.0926. The lowest BCUT2D eigenvalue weighted by Crippen LogP contribution is -2.36. The first-order valence-corrected chi connectivity index (χ1v) is 12.1. The van der Waals surface area contributed by atoms with E-state index in [2.05, 4.69) is 5.32 Å². The lowest BCUT2D eigenvalue weighted by Gasteiger charge is -2.26. The summed E-state index contributed by atoms with van der Waals surface area (Å²) in [6, 6.07) is 8.26. The molecule has 1 atom stereocenters. The summed E-state index contributed by atoms with van der Waals surface area (Å²) in [6.45, 7) is 5.06. The quantitative estimate of drug-likeness (QED) is 0.707. The zero-order valence-electron chi connectivity index (χ0n) is 16.0. The van der Waals surface area contributed by atoms with Gasteiger partial charge in [-0.05, 0) is 48.4 Å². The number of amides is 1. The standard InChI is InChI=1S/C20H25ClN2O3S2/c1-14(2)19(17-7-6-12-27-17)22-20(24)15-8-9-16(21)18(13-15)28(25,26)23-10-4-3-5-11-23/h6-9,12-14,19H,3-5,10-11H2,1-2H3,(H,22,24). The number of nitrogens with one attached hydrogen (secondary N) is 1. The van der Waals surface area contributed by atoms with E-state index in [0.717, 1.165) is 24.1 Å². The first kappa shape index (κ1) is 21.3. The van der Waals surface area contributed by atoms with Crippen molar-refractivity contribution in [1.82, 2.24) is 9.62 Å². The van der Waals surface area contributed by atoms with E-state index in [1.807, 2.05) is 31.4 Å². The first-order chi connectivity index (χ1) is 13.3. The van der Waals surface area contributed by atoms with Crippen molar-refractivity contribution >= 4 is 38.9 Å². The van der Waals surface area contributed by atoms with Crippen LogP contribution in [0.1, 0.15) is 54.4 Å². The van der Waals surface area contributed by atoms with Crippen LogP contribution in [0.15, 0.2) is 40.6 Å². The van der Waals surface area contributed by atoms with Crippen LogP contribution < -0.4 is 5.32 Å². The third kappa shape index (κ3) is 4.59. The molecule has 0 saturated carbocycles. The summed E-state index contributed by atoms with van der Waals surface area (Å²) in [4.78, 5) is 13.9. The highest BCUT2D eigenvalue weighted by molar-refractivity contribution is 7.89. The van der Waals surface area contributed by atoms with E-state index < -0.39 is 10.0 Å². The Morgan fingerprint density at radius 2 is 1.89 bits per heavy atom. The highest BCUT2D eigenvalue weighted by Gasteiger charge is 2.29. The second-order valence-electron chi connectivity index (χ2n) is 7.32. The third-order valence-electron chi connectivity index (χ3n) is 4.93. The first-order valence-electron chi connectivity index (χ1n) is 9.44. The maximum absolute atomic E-state index is 13.0. The number of hydrogen-bond donors (Lipinski definition) is 1. The largest absolute Gasteiger partial charge is 0.344 e. The number of benzene rings is 1. The van der Waals surface area contributed by atoms with E-state index in [4.69, 9.17) is 11.6 Å². The van der Waals surface area contributed by atoms with Crippen molar-refractivity contribution in [2.45, 2.75) is 44.0 Å². The van der Waals surface area contributed by atoms with Gasteiger partial charge in [0.1, 0.15) is 4.90 Å². The number of carbonyl (C=O) groups excluding carboxylic acids is 1. The van der Waals surface area contributed by atoms with E-state index >= 15 is 0 Å². The van der Waals surface area contributed by atoms with Crippen LogP contribution in [-0.4, -0.2) is 31.7 Å². The monoisotopic (exact) mass is 440 g/mol. The predicted molar refractivity (Wildman–Crippen MR) is 113 cm³/mol. The molecule has 2 heterocycles. The fourth-order valence-electron chi connectivity index (χ4n) is 3.35. The smallest absolute Gasteiger partial charge is 0.251 e. The molecule has 1 N–H and O–H groups in total. The second kappa shape index (κ2) is 8.95. The van der Waals surface area contributed by atoms with Gasteiger partial charge in [0.25, 0.3) is 5.91 Å². The van der Waals surface area contributed by atoms with E-state index in [9.17, 15) is 13.2 Å². The summed E-state index contributed by atoms with van der Waals surface area (Å²) in [7, 11) is -3.71. The molecule has 1 saturated heterocycles. The molecular weight excluding hydrogens is 416 g/mol. The Hall–Kier alpha value is -1.41. The molecule has 28 heavy (non-hydrogen) atoms. The summed E-state index contributed by atoms with van der Waals surface area (Å²) in [6.07, 6.45) is 2.71. The van der Waals surface area contributed by atoms with Gasteiger partial charge in [-0.15, -0.1) is 11.3 Å². The highest BCUT2D eigenvalue weighted by atomic mass is 35.5. The number of hydrogen-bond acceptors (Lipinski definition) is 4. The molecule has 2 aromatic rings. The van der Waals surface area contributed by atoms with Gasteiger partial charge in [-0.1, -0.05) is 37.9 Å². The molecule has 0 aliphatic carbocycles. The van der Waals surface area contributed by atoms with Gasteiger partial charge in [0.15, 0.2) is 0 Å². The minimum absolute atomic E-state index is 0.000868. The maximum Gasteiger partial charge on any atom is 0.251 e. The fraction of sp³-hybridized carbons (Fsp3) is 0.450. The van der Waals surface area contributed by atoms with Crippen LogP contribution in [0.2, 0.25) is 5.02 Å². The molecule has 1 aliphatic heterocycles. The average molecular weight is 441 g/mol. The van der Waals surface area contributed by atoms with E-state index in [1.165, 1.54) is 16.4 Å². The normalized spacial score (nSPS) is 16.9. The molecule has 1 aromatic carbocycles. The van der Waals surface area contributed by atoms with Crippen LogP contribution >= 0.6 is 22.9 Å². The fourth-order valence-corrected chi connectivity index (χ4v) is 6.31. The van der Waals surface area contributed by atoms with Crippen LogP contribution in [0.3, 0.4) is 0 Å². The van der Waals surface area contributed by atoms with Gasteiger partial charge in [-0.2, -0.15) is 4.31 Å². The lowest BCUT2D eigenvalue weighted by atomic mass is 10.0. The molecule has 1 amide bonds. The van der Waals surface area contributed by atoms with Crippen molar-refractivity contribution in [3.05, 3.63) is 51.2 Å². The van der Waals surface area contributed by atoms with Crippen molar-refractivity contribution in [1.29, 1.82) is 0 Å². The molecule has 1 unspecified atom stereocenters. The van der Waals surface area contributed by atoms with Crippen LogP contribution in [0.25, 0.3) is 0 Å². The number of carbonyl (C=O) groups is 1. The van der Waals surface area contributed by atoms with Crippen LogP contribution in [0, 0.1) is 5.92 Å². The summed E-state index contributed by atoms with van der Waals surface area (Å²) >= 11 is 7.79. The van der Waals surface area contributed by atoms with E-state index in [1.54, 1.807) is 17.4 Å². The van der Waals surface area contributed by atoms with Crippen LogP contribution in [0.4, 0.5) is 0 Å². The van der Waals surface area contributed by atoms with Gasteiger partial charge < -0.3 is 5.32 Å². The predicted octanol–water partition coefficient (Wildman–Crippen LogP) is 4.70. The van der Waals surface area contributed by atoms with E-state index in [0.29, 0.717) is 18.7 Å². The van der Waals surface area contributed by atoms with Gasteiger partial charge in [0.2, 0.25) is 10.0 Å². The molecule has 1 fully saturated rings. The maximum atomic E-state index is 13.0. The number of halogens is 1. The molecular formula is C20H25ClN2O3S2. The highest BCUT2D eigenvalue weighted by Crippen LogP contribution is 2.29. The Balaban J connectivity index is 1.87. The Morgan fingerprint density at radius 3 is 2.50 bits per heavy atom. The van der Waals surface area contributed by atoms with Gasteiger partial charge in [-0.3, -0.25) is 4.79 Å². The number of nitrogens with zero attached hydrogens (tertiary/aromatic N) is 1. The van der Waals surface area contributed by atoms with Gasteiger partial charge in [0, 0.05) is 23.5 Å². The Morgan fingerprint density at radius 1 is 1.18 bits per heavy atom.